The molecular formula is C16H21NO3S2. The Morgan fingerprint density at radius 1 is 1.32 bits per heavy atom. The summed E-state index contributed by atoms with van der Waals surface area (Å²) in [5.74, 6) is 0.395. The molecule has 1 atom stereocenters. The Balaban J connectivity index is 2.05. The van der Waals surface area contributed by atoms with Crippen molar-refractivity contribution in [1.29, 1.82) is 0 Å². The highest BCUT2D eigenvalue weighted by molar-refractivity contribution is 7.90. The number of rotatable bonds is 7. The normalized spacial score (nSPS) is 13.0. The van der Waals surface area contributed by atoms with E-state index in [-0.39, 0.29) is 10.9 Å². The largest absolute Gasteiger partial charge is 0.495 e. The fourth-order valence-corrected chi connectivity index (χ4v) is 3.78. The zero-order chi connectivity index (χ0) is 16.2. The summed E-state index contributed by atoms with van der Waals surface area (Å²) in [4.78, 5) is 1.58. The van der Waals surface area contributed by atoms with E-state index in [1.54, 1.807) is 23.5 Å². The van der Waals surface area contributed by atoms with Crippen LogP contribution in [0, 0.1) is 0 Å². The molecule has 0 aliphatic heterocycles. The molecule has 0 spiro atoms. The third-order valence-electron chi connectivity index (χ3n) is 3.49. The van der Waals surface area contributed by atoms with E-state index in [9.17, 15) is 8.42 Å². The van der Waals surface area contributed by atoms with E-state index >= 15 is 0 Å². The number of sulfone groups is 1. The molecular weight excluding hydrogens is 318 g/mol. The van der Waals surface area contributed by atoms with Crippen LogP contribution in [0.25, 0.3) is 0 Å². The summed E-state index contributed by atoms with van der Waals surface area (Å²) < 4.78 is 28.6. The van der Waals surface area contributed by atoms with E-state index < -0.39 is 9.84 Å². The van der Waals surface area contributed by atoms with Crippen LogP contribution >= 0.6 is 11.3 Å². The fraction of sp³-hybridized carbons (Fsp3) is 0.375. The molecule has 1 aromatic heterocycles. The molecule has 2 aromatic rings. The van der Waals surface area contributed by atoms with Gasteiger partial charge in [-0.2, -0.15) is 0 Å². The summed E-state index contributed by atoms with van der Waals surface area (Å²) in [5.41, 5.74) is 1.01. The van der Waals surface area contributed by atoms with Crippen LogP contribution in [-0.4, -0.2) is 28.3 Å². The molecule has 22 heavy (non-hydrogen) atoms. The number of ether oxygens (including phenoxy) is 1. The number of thiophene rings is 1. The number of nitrogens with one attached hydrogen (secondary N) is 1. The number of methoxy groups -OCH3 is 1. The Kier molecular flexibility index (Phi) is 5.61. The van der Waals surface area contributed by atoms with Gasteiger partial charge in [-0.25, -0.2) is 8.42 Å². The van der Waals surface area contributed by atoms with Crippen LogP contribution in [0.2, 0.25) is 0 Å². The van der Waals surface area contributed by atoms with Gasteiger partial charge in [0.05, 0.1) is 7.11 Å². The Bertz CT molecular complexity index is 709. The lowest BCUT2D eigenvalue weighted by molar-refractivity contribution is 0.401. The van der Waals surface area contributed by atoms with Crippen molar-refractivity contribution in [2.24, 2.45) is 0 Å². The smallest absolute Gasteiger partial charge is 0.179 e. The minimum absolute atomic E-state index is 0.127. The van der Waals surface area contributed by atoms with Gasteiger partial charge in [-0.05, 0) is 42.5 Å². The first-order valence-electron chi connectivity index (χ1n) is 7.05. The summed E-state index contributed by atoms with van der Waals surface area (Å²) in [6, 6.07) is 9.54. The van der Waals surface area contributed by atoms with Gasteiger partial charge < -0.3 is 10.1 Å². The molecule has 0 saturated heterocycles. The molecule has 1 aromatic carbocycles. The SMILES string of the molecule is COc1cc(C(C)NCCc2cccs2)ccc1S(C)(=O)=O. The quantitative estimate of drug-likeness (QED) is 0.842. The predicted molar refractivity (Wildman–Crippen MR) is 90.5 cm³/mol. The van der Waals surface area contributed by atoms with Gasteiger partial charge in [-0.3, -0.25) is 0 Å². The molecule has 0 saturated carbocycles. The third-order valence-corrected chi connectivity index (χ3v) is 5.56. The van der Waals surface area contributed by atoms with Crippen LogP contribution in [0.4, 0.5) is 0 Å². The van der Waals surface area contributed by atoms with E-state index in [0.29, 0.717) is 5.75 Å². The van der Waals surface area contributed by atoms with Crippen molar-refractivity contribution in [2.45, 2.75) is 24.3 Å². The molecule has 120 valence electrons. The maximum atomic E-state index is 11.7. The molecule has 0 amide bonds. The second-order valence-electron chi connectivity index (χ2n) is 5.19. The van der Waals surface area contributed by atoms with E-state index in [1.165, 1.54) is 18.2 Å². The molecule has 1 heterocycles. The van der Waals surface area contributed by atoms with E-state index in [2.05, 4.69) is 29.8 Å². The van der Waals surface area contributed by atoms with E-state index in [1.807, 2.05) is 6.07 Å². The van der Waals surface area contributed by atoms with Crippen LogP contribution in [0.15, 0.2) is 40.6 Å². The first-order valence-corrected chi connectivity index (χ1v) is 9.82. The lowest BCUT2D eigenvalue weighted by Crippen LogP contribution is -2.21. The highest BCUT2D eigenvalue weighted by atomic mass is 32.2. The summed E-state index contributed by atoms with van der Waals surface area (Å²) in [5, 5.41) is 5.53. The topological polar surface area (TPSA) is 55.4 Å². The van der Waals surface area contributed by atoms with Gasteiger partial charge in [-0.15, -0.1) is 11.3 Å². The molecule has 1 unspecified atom stereocenters. The molecule has 0 bridgehead atoms. The van der Waals surface area contributed by atoms with Crippen molar-refractivity contribution in [2.75, 3.05) is 19.9 Å². The van der Waals surface area contributed by atoms with E-state index in [4.69, 9.17) is 4.74 Å². The average Bonchev–Trinajstić information content (AvgIpc) is 2.98. The maximum absolute atomic E-state index is 11.7. The first kappa shape index (κ1) is 17.0. The van der Waals surface area contributed by atoms with Crippen molar-refractivity contribution in [3.63, 3.8) is 0 Å². The molecule has 0 aliphatic rings. The monoisotopic (exact) mass is 339 g/mol. The zero-order valence-corrected chi connectivity index (χ0v) is 14.6. The average molecular weight is 339 g/mol. The highest BCUT2D eigenvalue weighted by Gasteiger charge is 2.16. The van der Waals surface area contributed by atoms with Gasteiger partial charge in [-0.1, -0.05) is 12.1 Å². The predicted octanol–water partition coefficient (Wildman–Crippen LogP) is 3.05. The van der Waals surface area contributed by atoms with Crippen LogP contribution in [0.3, 0.4) is 0 Å². The van der Waals surface area contributed by atoms with Crippen molar-refractivity contribution < 1.29 is 13.2 Å². The molecule has 1 N–H and O–H groups in total. The lowest BCUT2D eigenvalue weighted by atomic mass is 10.1. The van der Waals surface area contributed by atoms with E-state index in [0.717, 1.165) is 18.5 Å². The van der Waals surface area contributed by atoms with Gasteiger partial charge in [0.1, 0.15) is 10.6 Å². The summed E-state index contributed by atoms with van der Waals surface area (Å²) in [6.07, 6.45) is 2.17. The fourth-order valence-electron chi connectivity index (χ4n) is 2.24. The maximum Gasteiger partial charge on any atom is 0.179 e. The number of hydrogen-bond acceptors (Lipinski definition) is 5. The van der Waals surface area contributed by atoms with Crippen LogP contribution in [0.5, 0.6) is 5.75 Å². The van der Waals surface area contributed by atoms with Crippen LogP contribution in [0.1, 0.15) is 23.4 Å². The Morgan fingerprint density at radius 3 is 2.68 bits per heavy atom. The summed E-state index contributed by atoms with van der Waals surface area (Å²) in [7, 11) is -1.79. The molecule has 0 aliphatic carbocycles. The number of hydrogen-bond donors (Lipinski definition) is 1. The Morgan fingerprint density at radius 2 is 2.09 bits per heavy atom. The van der Waals surface area contributed by atoms with Gasteiger partial charge in [0.25, 0.3) is 0 Å². The lowest BCUT2D eigenvalue weighted by Gasteiger charge is -2.16. The molecule has 0 fully saturated rings. The van der Waals surface area contributed by atoms with Crippen molar-refractivity contribution in [1.82, 2.24) is 5.32 Å². The van der Waals surface area contributed by atoms with Gasteiger partial charge in [0.15, 0.2) is 9.84 Å². The summed E-state index contributed by atoms with van der Waals surface area (Å²) >= 11 is 1.75. The van der Waals surface area contributed by atoms with Crippen LogP contribution < -0.4 is 10.1 Å². The Labute approximate surface area is 136 Å². The third kappa shape index (κ3) is 4.32. The van der Waals surface area contributed by atoms with Gasteiger partial charge in [0, 0.05) is 23.7 Å². The van der Waals surface area contributed by atoms with Crippen molar-refractivity contribution >= 4 is 21.2 Å². The minimum atomic E-state index is -3.28. The highest BCUT2D eigenvalue weighted by Crippen LogP contribution is 2.27. The minimum Gasteiger partial charge on any atom is -0.495 e. The summed E-state index contributed by atoms with van der Waals surface area (Å²) in [6.45, 7) is 2.93. The van der Waals surface area contributed by atoms with Gasteiger partial charge >= 0.3 is 0 Å². The first-order chi connectivity index (χ1) is 10.4. The van der Waals surface area contributed by atoms with Crippen molar-refractivity contribution in [3.05, 3.63) is 46.2 Å². The molecule has 6 heteroatoms. The standard InChI is InChI=1S/C16H21NO3S2/c1-12(17-9-8-14-5-4-10-21-14)13-6-7-16(22(3,18)19)15(11-13)20-2/h4-7,10-12,17H,8-9H2,1-3H3. The van der Waals surface area contributed by atoms with Crippen molar-refractivity contribution in [3.8, 4) is 5.75 Å². The zero-order valence-electron chi connectivity index (χ0n) is 13.0. The second kappa shape index (κ2) is 7.26. The van der Waals surface area contributed by atoms with Gasteiger partial charge in [0.2, 0.25) is 0 Å². The molecule has 4 nitrogen and oxygen atoms in total. The second-order valence-corrected chi connectivity index (χ2v) is 8.20. The molecule has 0 radical (unpaired) electrons. The molecule has 2 rings (SSSR count). The Hall–Kier alpha value is -1.37. The van der Waals surface area contributed by atoms with Crippen LogP contribution in [-0.2, 0) is 16.3 Å². The number of benzene rings is 1.